The van der Waals surface area contributed by atoms with Gasteiger partial charge in [-0.3, -0.25) is 14.4 Å². The van der Waals surface area contributed by atoms with Crippen molar-refractivity contribution < 1.29 is 23.9 Å². The molecule has 0 aliphatic carbocycles. The van der Waals surface area contributed by atoms with Gasteiger partial charge in [0.05, 0.1) is 6.54 Å². The lowest BCUT2D eigenvalue weighted by Crippen LogP contribution is -2.62. The average molecular weight is 556 g/mol. The van der Waals surface area contributed by atoms with Crippen LogP contribution in [0.1, 0.15) is 23.6 Å². The Labute approximate surface area is 237 Å². The van der Waals surface area contributed by atoms with Gasteiger partial charge in [-0.15, -0.1) is 0 Å². The first-order valence-corrected chi connectivity index (χ1v) is 13.2. The van der Waals surface area contributed by atoms with Crippen molar-refractivity contribution in [1.82, 2.24) is 20.9 Å². The van der Waals surface area contributed by atoms with Crippen LogP contribution in [0.25, 0.3) is 10.9 Å². The maximum atomic E-state index is 13.8. The summed E-state index contributed by atoms with van der Waals surface area (Å²) in [7, 11) is 0. The van der Waals surface area contributed by atoms with Gasteiger partial charge in [0.25, 0.3) is 0 Å². The minimum atomic E-state index is -1.47. The summed E-state index contributed by atoms with van der Waals surface area (Å²) >= 11 is 0. The second-order valence-corrected chi connectivity index (χ2v) is 9.95. The summed E-state index contributed by atoms with van der Waals surface area (Å²) in [4.78, 5) is 54.4. The zero-order valence-electron chi connectivity index (χ0n) is 22.7. The Morgan fingerprint density at radius 2 is 1.54 bits per heavy atom. The number of carbonyl (C=O) groups excluding carboxylic acids is 4. The van der Waals surface area contributed by atoms with Crippen LogP contribution in [0.15, 0.2) is 91.1 Å². The second kappa shape index (κ2) is 13.3. The fourth-order valence-electron chi connectivity index (χ4n) is 4.54. The predicted octanol–water partition coefficient (Wildman–Crippen LogP) is 2.72. The van der Waals surface area contributed by atoms with Crippen LogP contribution in [0.2, 0.25) is 0 Å². The fourth-order valence-corrected chi connectivity index (χ4v) is 4.54. The number of alkyl carbamates (subject to hydrolysis) is 1. The summed E-state index contributed by atoms with van der Waals surface area (Å²) < 4.78 is 5.39. The summed E-state index contributed by atoms with van der Waals surface area (Å²) in [5.74, 6) is -1.91. The van der Waals surface area contributed by atoms with Crippen LogP contribution in [-0.2, 0) is 38.6 Å². The van der Waals surface area contributed by atoms with Gasteiger partial charge in [-0.05, 0) is 29.7 Å². The molecule has 0 bridgehead atoms. The summed E-state index contributed by atoms with van der Waals surface area (Å²) in [6.07, 6.45) is 1.25. The Balaban J connectivity index is 1.57. The lowest BCUT2D eigenvalue weighted by Gasteiger charge is -2.31. The first-order chi connectivity index (χ1) is 19.7. The number of benzene rings is 3. The molecular formula is C31H33N5O5. The van der Waals surface area contributed by atoms with Crippen molar-refractivity contribution in [2.45, 2.75) is 38.0 Å². The van der Waals surface area contributed by atoms with E-state index >= 15 is 0 Å². The topological polar surface area (TPSA) is 155 Å². The van der Waals surface area contributed by atoms with E-state index in [1.54, 1.807) is 13.1 Å². The Morgan fingerprint density at radius 1 is 0.902 bits per heavy atom. The molecule has 0 spiro atoms. The minimum Gasteiger partial charge on any atom is -0.445 e. The summed E-state index contributed by atoms with van der Waals surface area (Å²) in [6.45, 7) is 1.20. The molecule has 0 saturated heterocycles. The number of amides is 4. The molecule has 10 heteroatoms. The molecule has 0 saturated carbocycles. The number of hydrogen-bond donors (Lipinski definition) is 5. The average Bonchev–Trinajstić information content (AvgIpc) is 3.38. The molecule has 1 unspecified atom stereocenters. The van der Waals surface area contributed by atoms with E-state index in [1.165, 1.54) is 0 Å². The smallest absolute Gasteiger partial charge is 0.408 e. The summed E-state index contributed by atoms with van der Waals surface area (Å²) in [6, 6.07) is 24.8. The van der Waals surface area contributed by atoms with E-state index in [0.717, 1.165) is 27.6 Å². The first-order valence-electron chi connectivity index (χ1n) is 13.2. The molecule has 0 radical (unpaired) electrons. The van der Waals surface area contributed by atoms with E-state index in [1.807, 2.05) is 84.9 Å². The molecule has 41 heavy (non-hydrogen) atoms. The Kier molecular flexibility index (Phi) is 9.36. The largest absolute Gasteiger partial charge is 0.445 e. The number of nitrogens with two attached hydrogens (primary N) is 1. The number of carbonyl (C=O) groups is 4. The molecule has 212 valence electrons. The van der Waals surface area contributed by atoms with Crippen LogP contribution in [0.5, 0.6) is 0 Å². The third-order valence-corrected chi connectivity index (χ3v) is 6.64. The fraction of sp³-hybridized carbons (Fsp3) is 0.226. The maximum absolute atomic E-state index is 13.8. The third kappa shape index (κ3) is 7.95. The molecule has 0 aliphatic rings. The third-order valence-electron chi connectivity index (χ3n) is 6.64. The molecule has 4 aromatic rings. The Morgan fingerprint density at radius 3 is 2.22 bits per heavy atom. The molecule has 4 amide bonds. The van der Waals surface area contributed by atoms with Crippen LogP contribution in [0, 0.1) is 0 Å². The molecular weight excluding hydrogens is 522 g/mol. The predicted molar refractivity (Wildman–Crippen MR) is 154 cm³/mol. The zero-order valence-corrected chi connectivity index (χ0v) is 22.7. The molecule has 0 aliphatic heterocycles. The number of hydrogen-bond acceptors (Lipinski definition) is 5. The molecule has 1 aromatic heterocycles. The van der Waals surface area contributed by atoms with Crippen molar-refractivity contribution >= 4 is 34.7 Å². The number of aromatic nitrogens is 1. The van der Waals surface area contributed by atoms with Gasteiger partial charge in [0, 0.05) is 29.9 Å². The van der Waals surface area contributed by atoms with Gasteiger partial charge in [-0.2, -0.15) is 0 Å². The van der Waals surface area contributed by atoms with E-state index in [2.05, 4.69) is 20.9 Å². The number of rotatable bonds is 12. The highest BCUT2D eigenvalue weighted by molar-refractivity contribution is 5.96. The van der Waals surface area contributed by atoms with Gasteiger partial charge >= 0.3 is 6.09 Å². The van der Waals surface area contributed by atoms with Gasteiger partial charge in [0.2, 0.25) is 17.7 Å². The van der Waals surface area contributed by atoms with Crippen LogP contribution in [0.3, 0.4) is 0 Å². The van der Waals surface area contributed by atoms with Gasteiger partial charge in [0.1, 0.15) is 18.2 Å². The molecule has 10 nitrogen and oxygen atoms in total. The number of H-pyrrole nitrogens is 1. The van der Waals surface area contributed by atoms with E-state index in [9.17, 15) is 19.2 Å². The van der Waals surface area contributed by atoms with Gasteiger partial charge in [-0.25, -0.2) is 4.79 Å². The zero-order chi connectivity index (χ0) is 29.2. The number of ether oxygens (including phenoxy) is 1. The number of para-hydroxylation sites is 1. The van der Waals surface area contributed by atoms with Crippen molar-refractivity contribution in [1.29, 1.82) is 0 Å². The van der Waals surface area contributed by atoms with Crippen LogP contribution < -0.4 is 21.7 Å². The van der Waals surface area contributed by atoms with Gasteiger partial charge < -0.3 is 31.4 Å². The molecule has 2 atom stereocenters. The molecule has 0 fully saturated rings. The van der Waals surface area contributed by atoms with Crippen molar-refractivity contribution in [3.8, 4) is 0 Å². The maximum Gasteiger partial charge on any atom is 0.408 e. The highest BCUT2D eigenvalue weighted by Gasteiger charge is 2.37. The van der Waals surface area contributed by atoms with E-state index in [4.69, 9.17) is 10.5 Å². The summed E-state index contributed by atoms with van der Waals surface area (Å²) in [5, 5.41) is 8.88. The van der Waals surface area contributed by atoms with E-state index in [-0.39, 0.29) is 26.0 Å². The van der Waals surface area contributed by atoms with Crippen LogP contribution in [-0.4, -0.2) is 46.9 Å². The van der Waals surface area contributed by atoms with Crippen molar-refractivity contribution in [3.05, 3.63) is 108 Å². The Bertz CT molecular complexity index is 1510. The van der Waals surface area contributed by atoms with Gasteiger partial charge in [-0.1, -0.05) is 78.9 Å². The van der Waals surface area contributed by atoms with Crippen LogP contribution >= 0.6 is 0 Å². The monoisotopic (exact) mass is 555 g/mol. The number of fused-ring (bicyclic) bond motifs is 1. The van der Waals surface area contributed by atoms with Crippen molar-refractivity contribution in [3.63, 3.8) is 0 Å². The number of nitrogens with one attached hydrogen (secondary N) is 4. The van der Waals surface area contributed by atoms with Crippen molar-refractivity contribution in [2.75, 3.05) is 6.54 Å². The molecule has 1 heterocycles. The summed E-state index contributed by atoms with van der Waals surface area (Å²) in [5.41, 5.74) is 7.02. The Hall–Kier alpha value is -5.12. The van der Waals surface area contributed by atoms with Crippen LogP contribution in [0.4, 0.5) is 4.79 Å². The number of aromatic amines is 1. The quantitative estimate of drug-likeness (QED) is 0.182. The standard InChI is InChI=1S/C31H33N5O5/c1-31(29(39)34-19-27(32)37,17-21-10-4-2-5-11-21)36-28(38)26(16-23-18-33-25-15-9-8-14-24(23)25)35-30(40)41-20-22-12-6-3-7-13-22/h2-15,18,26,33H,16-17,19-20H2,1H3,(H2,32,37)(H,34,39)(H,35,40)(H,36,38)/t26-,31?/m0/s1. The second-order valence-electron chi connectivity index (χ2n) is 9.95. The van der Waals surface area contributed by atoms with E-state index in [0.29, 0.717) is 0 Å². The highest BCUT2D eigenvalue weighted by atomic mass is 16.5. The SMILES string of the molecule is CC(Cc1ccccc1)(NC(=O)[C@H](Cc1c[nH]c2ccccc12)NC(=O)OCc1ccccc1)C(=O)NCC(N)=O. The molecule has 3 aromatic carbocycles. The first kappa shape index (κ1) is 28.9. The van der Waals surface area contributed by atoms with Crippen molar-refractivity contribution in [2.24, 2.45) is 5.73 Å². The van der Waals surface area contributed by atoms with Gasteiger partial charge in [0.15, 0.2) is 0 Å². The number of primary amides is 1. The normalized spacial score (nSPS) is 13.0. The lowest BCUT2D eigenvalue weighted by atomic mass is 9.90. The van der Waals surface area contributed by atoms with E-state index < -0.39 is 35.4 Å². The molecule has 4 rings (SSSR count). The highest BCUT2D eigenvalue weighted by Crippen LogP contribution is 2.20. The molecule has 6 N–H and O–H groups in total. The minimum absolute atomic E-state index is 0.0232. The lowest BCUT2D eigenvalue weighted by molar-refractivity contribution is -0.134.